The molecule has 0 radical (unpaired) electrons. The first-order chi connectivity index (χ1) is 17.9. The van der Waals surface area contributed by atoms with Crippen LogP contribution in [0.4, 0.5) is 0 Å². The van der Waals surface area contributed by atoms with E-state index in [2.05, 4.69) is 24.4 Å². The van der Waals surface area contributed by atoms with Gasteiger partial charge in [0.2, 0.25) is 5.91 Å². The summed E-state index contributed by atoms with van der Waals surface area (Å²) in [6, 6.07) is 15.2. The molecule has 1 saturated carbocycles. The summed E-state index contributed by atoms with van der Waals surface area (Å²) in [4.78, 5) is 32.2. The Labute approximate surface area is 222 Å². The van der Waals surface area contributed by atoms with E-state index in [4.69, 9.17) is 9.47 Å². The van der Waals surface area contributed by atoms with Crippen molar-refractivity contribution < 1.29 is 19.1 Å². The molecule has 1 aliphatic carbocycles. The molecule has 5 rings (SSSR count). The van der Waals surface area contributed by atoms with Crippen LogP contribution in [0.2, 0.25) is 0 Å². The normalized spacial score (nSPS) is 16.7. The van der Waals surface area contributed by atoms with Crippen molar-refractivity contribution in [1.29, 1.82) is 0 Å². The number of methoxy groups -OCH3 is 1. The first kappa shape index (κ1) is 25.3. The largest absolute Gasteiger partial charge is 0.497 e. The molecule has 3 aromatic rings. The Kier molecular flexibility index (Phi) is 7.51. The molecule has 6 nitrogen and oxygen atoms in total. The van der Waals surface area contributed by atoms with Gasteiger partial charge in [-0.3, -0.25) is 9.59 Å². The fraction of sp³-hybridized carbons (Fsp3) is 0.400. The zero-order valence-electron chi connectivity index (χ0n) is 21.7. The van der Waals surface area contributed by atoms with Crippen molar-refractivity contribution in [1.82, 2.24) is 9.80 Å². The van der Waals surface area contributed by atoms with Crippen LogP contribution in [0.5, 0.6) is 11.5 Å². The molecule has 1 aromatic heterocycles. The van der Waals surface area contributed by atoms with E-state index in [-0.39, 0.29) is 24.4 Å². The summed E-state index contributed by atoms with van der Waals surface area (Å²) in [5, 5.41) is 2.09. The van der Waals surface area contributed by atoms with Crippen molar-refractivity contribution in [3.63, 3.8) is 0 Å². The van der Waals surface area contributed by atoms with Crippen molar-refractivity contribution in [3.8, 4) is 11.5 Å². The van der Waals surface area contributed by atoms with Crippen LogP contribution in [0, 0.1) is 19.8 Å². The zero-order valence-corrected chi connectivity index (χ0v) is 22.6. The molecule has 194 valence electrons. The van der Waals surface area contributed by atoms with Crippen molar-refractivity contribution in [2.75, 3.05) is 33.4 Å². The molecule has 1 fully saturated rings. The van der Waals surface area contributed by atoms with E-state index in [9.17, 15) is 9.59 Å². The molecular weight excluding hydrogens is 484 g/mol. The van der Waals surface area contributed by atoms with Crippen LogP contribution in [-0.4, -0.2) is 55.0 Å². The van der Waals surface area contributed by atoms with Gasteiger partial charge in [-0.1, -0.05) is 23.8 Å². The average molecular weight is 519 g/mol. The van der Waals surface area contributed by atoms with Gasteiger partial charge in [0.25, 0.3) is 5.91 Å². The second kappa shape index (κ2) is 11.0. The average Bonchev–Trinajstić information content (AvgIpc) is 3.59. The Morgan fingerprint density at radius 1 is 1.11 bits per heavy atom. The summed E-state index contributed by atoms with van der Waals surface area (Å²) in [7, 11) is 1.59. The van der Waals surface area contributed by atoms with Crippen molar-refractivity contribution >= 4 is 23.2 Å². The molecule has 2 aliphatic rings. The summed E-state index contributed by atoms with van der Waals surface area (Å²) >= 11 is 1.74. The number of hydrogen-bond donors (Lipinski definition) is 0. The van der Waals surface area contributed by atoms with Crippen LogP contribution in [-0.2, 0) is 11.2 Å². The second-order valence-electron chi connectivity index (χ2n) is 10.1. The number of nitrogens with zero attached hydrogens (tertiary/aromatic N) is 2. The van der Waals surface area contributed by atoms with Gasteiger partial charge in [-0.25, -0.2) is 0 Å². The van der Waals surface area contributed by atoms with Gasteiger partial charge in [-0.2, -0.15) is 0 Å². The van der Waals surface area contributed by atoms with Gasteiger partial charge in [-0.15, -0.1) is 11.3 Å². The number of amides is 2. The zero-order chi connectivity index (χ0) is 25.9. The number of ether oxygens (including phenoxy) is 2. The number of fused-ring (bicyclic) bond motifs is 1. The Morgan fingerprint density at radius 2 is 1.95 bits per heavy atom. The van der Waals surface area contributed by atoms with E-state index >= 15 is 0 Å². The lowest BCUT2D eigenvalue weighted by atomic mass is 10.00. The molecule has 2 aromatic carbocycles. The topological polar surface area (TPSA) is 59.1 Å². The SMILES string of the molecule is COc1cccc(C(=O)N(CC(=O)N2CCc3sccc3[C@@H]2COc2ccc(C)cc2C)CC2CC2)c1. The van der Waals surface area contributed by atoms with E-state index in [0.29, 0.717) is 36.9 Å². The predicted molar refractivity (Wildman–Crippen MR) is 146 cm³/mol. The van der Waals surface area contributed by atoms with Crippen LogP contribution in [0.3, 0.4) is 0 Å². The maximum absolute atomic E-state index is 13.8. The summed E-state index contributed by atoms with van der Waals surface area (Å²) < 4.78 is 11.6. The van der Waals surface area contributed by atoms with Crippen LogP contribution < -0.4 is 9.47 Å². The van der Waals surface area contributed by atoms with Gasteiger partial charge >= 0.3 is 0 Å². The van der Waals surface area contributed by atoms with Crippen molar-refractivity contribution in [2.45, 2.75) is 39.2 Å². The minimum Gasteiger partial charge on any atom is -0.497 e. The number of aryl methyl sites for hydroxylation is 2. The molecule has 0 saturated heterocycles. The minimum atomic E-state index is -0.183. The van der Waals surface area contributed by atoms with Crippen molar-refractivity contribution in [2.24, 2.45) is 5.92 Å². The Hall–Kier alpha value is -3.32. The van der Waals surface area contributed by atoms with E-state index in [1.165, 1.54) is 10.4 Å². The van der Waals surface area contributed by atoms with E-state index in [1.54, 1.807) is 35.5 Å². The van der Waals surface area contributed by atoms with Crippen LogP contribution in [0.25, 0.3) is 0 Å². The standard InChI is InChI=1S/C30H34N2O4S/c1-20-7-10-27(21(2)15-20)36-19-26-25-12-14-37-28(25)11-13-32(26)29(33)18-31(17-22-8-9-22)30(34)23-5-4-6-24(16-23)35-3/h4-7,10,12,14-16,22,26H,8-9,11,13,17-19H2,1-3H3/t26-/m0/s1. The predicted octanol–water partition coefficient (Wildman–Crippen LogP) is 5.43. The number of carbonyl (C=O) groups excluding carboxylic acids is 2. The number of thiophene rings is 1. The number of benzene rings is 2. The van der Waals surface area contributed by atoms with E-state index in [1.807, 2.05) is 36.1 Å². The molecule has 37 heavy (non-hydrogen) atoms. The molecule has 2 heterocycles. The highest BCUT2D eigenvalue weighted by atomic mass is 32.1. The fourth-order valence-corrected chi connectivity index (χ4v) is 5.96. The third-order valence-corrected chi connectivity index (χ3v) is 8.24. The highest BCUT2D eigenvalue weighted by molar-refractivity contribution is 7.10. The smallest absolute Gasteiger partial charge is 0.254 e. The summed E-state index contributed by atoms with van der Waals surface area (Å²) in [5.74, 6) is 1.77. The lowest BCUT2D eigenvalue weighted by molar-refractivity contribution is -0.135. The third kappa shape index (κ3) is 5.82. The molecule has 0 N–H and O–H groups in total. The Balaban J connectivity index is 1.35. The van der Waals surface area contributed by atoms with Crippen molar-refractivity contribution in [3.05, 3.63) is 81.0 Å². The Bertz CT molecular complexity index is 1280. The quantitative estimate of drug-likeness (QED) is 0.379. The minimum absolute atomic E-state index is 0.0389. The lowest BCUT2D eigenvalue weighted by Crippen LogP contribution is -2.48. The summed E-state index contributed by atoms with van der Waals surface area (Å²) in [6.07, 6.45) is 3.03. The van der Waals surface area contributed by atoms with Gasteiger partial charge in [0.05, 0.1) is 13.2 Å². The van der Waals surface area contributed by atoms with Crippen LogP contribution in [0.15, 0.2) is 53.9 Å². The molecule has 0 spiro atoms. The molecule has 2 amide bonds. The van der Waals surface area contributed by atoms with E-state index in [0.717, 1.165) is 36.1 Å². The number of carbonyl (C=O) groups is 2. The lowest BCUT2D eigenvalue weighted by Gasteiger charge is -2.37. The van der Waals surface area contributed by atoms with E-state index < -0.39 is 0 Å². The third-order valence-electron chi connectivity index (χ3n) is 7.25. The van der Waals surface area contributed by atoms with Crippen LogP contribution >= 0.6 is 11.3 Å². The first-order valence-corrected chi connectivity index (χ1v) is 13.8. The monoisotopic (exact) mass is 518 g/mol. The van der Waals surface area contributed by atoms with Gasteiger partial charge in [0.15, 0.2) is 0 Å². The summed E-state index contributed by atoms with van der Waals surface area (Å²) in [6.45, 7) is 5.77. The molecular formula is C30H34N2O4S. The van der Waals surface area contributed by atoms with Crippen LogP contribution in [0.1, 0.15) is 50.8 Å². The molecule has 0 bridgehead atoms. The van der Waals surface area contributed by atoms with Gasteiger partial charge in [-0.05, 0) is 85.9 Å². The molecule has 1 aliphatic heterocycles. The number of hydrogen-bond acceptors (Lipinski definition) is 5. The maximum Gasteiger partial charge on any atom is 0.254 e. The highest BCUT2D eigenvalue weighted by Crippen LogP contribution is 2.35. The second-order valence-corrected chi connectivity index (χ2v) is 11.1. The highest BCUT2D eigenvalue weighted by Gasteiger charge is 2.35. The first-order valence-electron chi connectivity index (χ1n) is 12.9. The van der Waals surface area contributed by atoms with Gasteiger partial charge in [0, 0.05) is 23.5 Å². The Morgan fingerprint density at radius 3 is 2.70 bits per heavy atom. The maximum atomic E-state index is 13.8. The fourth-order valence-electron chi connectivity index (χ4n) is 5.03. The summed E-state index contributed by atoms with van der Waals surface area (Å²) in [5.41, 5.74) is 3.97. The molecule has 1 atom stereocenters. The van der Waals surface area contributed by atoms with Gasteiger partial charge in [0.1, 0.15) is 24.7 Å². The molecule has 7 heteroatoms. The number of rotatable bonds is 9. The molecule has 0 unspecified atom stereocenters. The van der Waals surface area contributed by atoms with Gasteiger partial charge < -0.3 is 19.3 Å².